The van der Waals surface area contributed by atoms with E-state index < -0.39 is 11.9 Å². The maximum absolute atomic E-state index is 13.5. The van der Waals surface area contributed by atoms with Crippen molar-refractivity contribution in [3.8, 4) is 22.8 Å². The molecule has 3 aromatic heterocycles. The molecule has 0 bridgehead atoms. The predicted octanol–water partition coefficient (Wildman–Crippen LogP) is 5.04. The van der Waals surface area contributed by atoms with Crippen LogP contribution in [0.4, 0.5) is 19.0 Å². The number of imidazole rings is 1. The number of hydrogen-bond donors (Lipinski definition) is 0. The highest BCUT2D eigenvalue weighted by Crippen LogP contribution is 2.36. The van der Waals surface area contributed by atoms with Gasteiger partial charge in [0.2, 0.25) is 11.8 Å². The number of benzene rings is 1. The molecule has 2 aliphatic heterocycles. The number of halogens is 3. The summed E-state index contributed by atoms with van der Waals surface area (Å²) in [6.07, 6.45) is 0.0139. The van der Waals surface area contributed by atoms with E-state index in [-0.39, 0.29) is 42.6 Å². The molecule has 42 heavy (non-hydrogen) atoms. The molecule has 0 radical (unpaired) electrons. The van der Waals surface area contributed by atoms with Gasteiger partial charge in [0, 0.05) is 55.3 Å². The molecule has 2 amide bonds. The fourth-order valence-corrected chi connectivity index (χ4v) is 5.34. The Hall–Kier alpha value is -4.61. The zero-order valence-electron chi connectivity index (χ0n) is 23.3. The van der Waals surface area contributed by atoms with Gasteiger partial charge in [-0.1, -0.05) is 38.1 Å². The van der Waals surface area contributed by atoms with Crippen LogP contribution in [0.2, 0.25) is 0 Å². The molecule has 0 atom stereocenters. The highest BCUT2D eigenvalue weighted by Gasteiger charge is 2.38. The first-order valence-corrected chi connectivity index (χ1v) is 13.6. The maximum Gasteiger partial charge on any atom is 0.434 e. The Balaban J connectivity index is 1.27. The van der Waals surface area contributed by atoms with Crippen LogP contribution in [0, 0.1) is 0 Å². The SMILES string of the molecule is CC(=O)N1CC(n2cc(C(F)(F)F)nc2-c2ccc(CN3C(=O)Cc4cnc(-c5cccnc5C(C)C)nc43)cc2)C1. The van der Waals surface area contributed by atoms with E-state index in [0.717, 1.165) is 28.6 Å². The molecule has 1 aromatic carbocycles. The zero-order chi connectivity index (χ0) is 29.8. The van der Waals surface area contributed by atoms with Crippen molar-refractivity contribution in [2.75, 3.05) is 18.0 Å². The largest absolute Gasteiger partial charge is 0.434 e. The minimum atomic E-state index is -4.60. The monoisotopic (exact) mass is 575 g/mol. The van der Waals surface area contributed by atoms with Crippen LogP contribution in [-0.2, 0) is 28.7 Å². The van der Waals surface area contributed by atoms with E-state index in [1.165, 1.54) is 11.5 Å². The predicted molar refractivity (Wildman–Crippen MR) is 148 cm³/mol. The lowest BCUT2D eigenvalue weighted by Gasteiger charge is -2.39. The molecular weight excluding hydrogens is 547 g/mol. The molecule has 4 aromatic rings. The molecule has 2 aliphatic rings. The maximum atomic E-state index is 13.5. The minimum absolute atomic E-state index is 0.110. The first-order valence-electron chi connectivity index (χ1n) is 13.6. The van der Waals surface area contributed by atoms with Gasteiger partial charge in [-0.15, -0.1) is 0 Å². The van der Waals surface area contributed by atoms with Crippen molar-refractivity contribution in [3.63, 3.8) is 0 Å². The summed E-state index contributed by atoms with van der Waals surface area (Å²) in [6.45, 7) is 6.41. The quantitative estimate of drug-likeness (QED) is 0.320. The molecule has 5 heterocycles. The zero-order valence-corrected chi connectivity index (χ0v) is 23.3. The lowest BCUT2D eigenvalue weighted by atomic mass is 10.0. The van der Waals surface area contributed by atoms with Gasteiger partial charge in [0.25, 0.3) is 0 Å². The third-order valence-corrected chi connectivity index (χ3v) is 7.64. The summed E-state index contributed by atoms with van der Waals surface area (Å²) in [6, 6.07) is 10.4. The average molecular weight is 576 g/mol. The van der Waals surface area contributed by atoms with Crippen LogP contribution < -0.4 is 4.90 Å². The third-order valence-electron chi connectivity index (χ3n) is 7.64. The Morgan fingerprint density at radius 1 is 1.07 bits per heavy atom. The van der Waals surface area contributed by atoms with Gasteiger partial charge >= 0.3 is 6.18 Å². The van der Waals surface area contributed by atoms with E-state index in [0.29, 0.717) is 30.3 Å². The van der Waals surface area contributed by atoms with Crippen molar-refractivity contribution in [3.05, 3.63) is 77.5 Å². The number of fused-ring (bicyclic) bond motifs is 1. The number of carbonyl (C=O) groups excluding carboxylic acids is 2. The molecule has 216 valence electrons. The second-order valence-electron chi connectivity index (χ2n) is 10.9. The van der Waals surface area contributed by atoms with Crippen LogP contribution in [0.1, 0.15) is 55.2 Å². The molecule has 0 saturated carbocycles. The Bertz CT molecular complexity index is 1680. The Labute approximate surface area is 240 Å². The first-order chi connectivity index (χ1) is 20.0. The van der Waals surface area contributed by atoms with Crippen LogP contribution in [-0.4, -0.2) is 54.3 Å². The molecular formula is C30H28F3N7O2. The van der Waals surface area contributed by atoms with Crippen molar-refractivity contribution < 1.29 is 22.8 Å². The fraction of sp³-hybridized carbons (Fsp3) is 0.333. The molecule has 0 aliphatic carbocycles. The van der Waals surface area contributed by atoms with Gasteiger partial charge in [-0.2, -0.15) is 13.2 Å². The van der Waals surface area contributed by atoms with Crippen LogP contribution in [0.15, 0.2) is 55.0 Å². The third kappa shape index (κ3) is 5.01. The molecule has 1 saturated heterocycles. The summed E-state index contributed by atoms with van der Waals surface area (Å²) in [5.41, 5.74) is 2.72. The molecule has 0 N–H and O–H groups in total. The van der Waals surface area contributed by atoms with Crippen molar-refractivity contribution in [1.29, 1.82) is 0 Å². The number of hydrogen-bond acceptors (Lipinski definition) is 6. The Morgan fingerprint density at radius 3 is 2.48 bits per heavy atom. The van der Waals surface area contributed by atoms with Crippen LogP contribution in [0.3, 0.4) is 0 Å². The second-order valence-corrected chi connectivity index (χ2v) is 10.9. The Morgan fingerprint density at radius 2 is 1.81 bits per heavy atom. The lowest BCUT2D eigenvalue weighted by Crippen LogP contribution is -2.49. The summed E-state index contributed by atoms with van der Waals surface area (Å²) in [5, 5.41) is 0. The summed E-state index contributed by atoms with van der Waals surface area (Å²) in [5.74, 6) is 1.14. The second kappa shape index (κ2) is 10.3. The number of pyridine rings is 1. The number of alkyl halides is 3. The smallest absolute Gasteiger partial charge is 0.339 e. The number of nitrogens with zero attached hydrogens (tertiary/aromatic N) is 7. The topological polar surface area (TPSA) is 97.1 Å². The first kappa shape index (κ1) is 27.6. The normalized spacial score (nSPS) is 15.4. The molecule has 6 rings (SSSR count). The van der Waals surface area contributed by atoms with Crippen molar-refractivity contribution in [2.24, 2.45) is 0 Å². The van der Waals surface area contributed by atoms with Crippen LogP contribution >= 0.6 is 0 Å². The van der Waals surface area contributed by atoms with E-state index in [1.807, 2.05) is 26.0 Å². The van der Waals surface area contributed by atoms with Gasteiger partial charge in [-0.3, -0.25) is 19.5 Å². The molecule has 9 nitrogen and oxygen atoms in total. The van der Waals surface area contributed by atoms with Gasteiger partial charge < -0.3 is 9.47 Å². The molecule has 0 spiro atoms. The summed E-state index contributed by atoms with van der Waals surface area (Å²) >= 11 is 0. The number of carbonyl (C=O) groups is 2. The number of anilines is 1. The molecule has 1 fully saturated rings. The summed E-state index contributed by atoms with van der Waals surface area (Å²) < 4.78 is 42.1. The van der Waals surface area contributed by atoms with E-state index >= 15 is 0 Å². The van der Waals surface area contributed by atoms with Crippen molar-refractivity contribution in [2.45, 2.75) is 51.9 Å². The van der Waals surface area contributed by atoms with Gasteiger partial charge in [0.1, 0.15) is 11.6 Å². The van der Waals surface area contributed by atoms with Crippen LogP contribution in [0.25, 0.3) is 22.8 Å². The van der Waals surface area contributed by atoms with E-state index in [9.17, 15) is 22.8 Å². The number of aromatic nitrogens is 5. The number of likely N-dealkylation sites (tertiary alicyclic amines) is 1. The van der Waals surface area contributed by atoms with E-state index in [2.05, 4.69) is 15.0 Å². The van der Waals surface area contributed by atoms with E-state index in [1.54, 1.807) is 46.5 Å². The van der Waals surface area contributed by atoms with Crippen molar-refractivity contribution >= 4 is 17.6 Å². The molecule has 0 unspecified atom stereocenters. The van der Waals surface area contributed by atoms with E-state index in [4.69, 9.17) is 4.98 Å². The Kier molecular flexibility index (Phi) is 6.78. The lowest BCUT2D eigenvalue weighted by molar-refractivity contribution is -0.141. The highest BCUT2D eigenvalue weighted by molar-refractivity contribution is 6.00. The van der Waals surface area contributed by atoms with Crippen molar-refractivity contribution in [1.82, 2.24) is 29.4 Å². The minimum Gasteiger partial charge on any atom is -0.339 e. The van der Waals surface area contributed by atoms with Gasteiger partial charge in [0.15, 0.2) is 11.5 Å². The number of amides is 2. The van der Waals surface area contributed by atoms with Gasteiger partial charge in [0.05, 0.1) is 24.7 Å². The summed E-state index contributed by atoms with van der Waals surface area (Å²) in [4.78, 5) is 45.4. The highest BCUT2D eigenvalue weighted by atomic mass is 19.4. The average Bonchev–Trinajstić information content (AvgIpc) is 3.49. The van der Waals surface area contributed by atoms with Gasteiger partial charge in [-0.05, 0) is 23.6 Å². The fourth-order valence-electron chi connectivity index (χ4n) is 5.34. The van der Waals surface area contributed by atoms with Crippen LogP contribution in [0.5, 0.6) is 0 Å². The number of rotatable bonds is 6. The molecule has 12 heteroatoms. The summed E-state index contributed by atoms with van der Waals surface area (Å²) in [7, 11) is 0. The standard InChI is InChI=1S/C30H28F3N7O2/c1-17(2)26-23(5-4-10-34-26)27-35-12-21-11-25(42)40(29(21)37-27)13-19-6-8-20(9-7-19)28-36-24(30(31,32)33)16-39(28)22-14-38(15-22)18(3)41/h4-10,12,16-17,22H,11,13-15H2,1-3H3. The van der Waals surface area contributed by atoms with Gasteiger partial charge in [-0.25, -0.2) is 15.0 Å².